The summed E-state index contributed by atoms with van der Waals surface area (Å²) in [6.07, 6.45) is 0. The average molecular weight is 164 g/mol. The van der Waals surface area contributed by atoms with E-state index < -0.39 is 11.6 Å². The van der Waals surface area contributed by atoms with Crippen LogP contribution in [0.15, 0.2) is 0 Å². The topological polar surface area (TPSA) is 52.6 Å². The predicted molar refractivity (Wildman–Crippen MR) is 34.8 cm³/mol. The van der Waals surface area contributed by atoms with E-state index in [-0.39, 0.29) is 8.46 Å². The molecule has 0 aliphatic carbocycles. The Kier molecular flexibility index (Phi) is 5.08. The van der Waals surface area contributed by atoms with E-state index in [1.54, 1.807) is 6.92 Å². The number of hydrogen-bond acceptors (Lipinski definition) is 4. The summed E-state index contributed by atoms with van der Waals surface area (Å²) in [5.41, 5.74) is -0.647. The molecule has 0 radical (unpaired) electrons. The predicted octanol–water partition coefficient (Wildman–Crippen LogP) is 1.16. The highest BCUT2D eigenvalue weighted by Gasteiger charge is 2.14. The van der Waals surface area contributed by atoms with Crippen LogP contribution in [0.4, 0.5) is 0 Å². The minimum Gasteiger partial charge on any atom is -0.297 e. The maximum absolute atomic E-state index is 10.6. The first-order chi connectivity index (χ1) is 4.72. The molecule has 0 aromatic carbocycles. The molecule has 0 heterocycles. The van der Waals surface area contributed by atoms with Gasteiger partial charge in [-0.15, -0.1) is 0 Å². The highest BCUT2D eigenvalue weighted by atomic mass is 31.1. The van der Waals surface area contributed by atoms with E-state index in [0.717, 1.165) is 0 Å². The SMILES string of the molecule is CCOOC(=O)C(C)P=O. The lowest BCUT2D eigenvalue weighted by molar-refractivity contribution is -0.268. The molecule has 0 aromatic heterocycles. The smallest absolute Gasteiger partial charge is 0.297 e. The summed E-state index contributed by atoms with van der Waals surface area (Å²) >= 11 is 0. The molecule has 1 atom stereocenters. The summed E-state index contributed by atoms with van der Waals surface area (Å²) in [4.78, 5) is 19.1. The first-order valence-electron chi connectivity index (χ1n) is 2.88. The molecule has 0 bridgehead atoms. The highest BCUT2D eigenvalue weighted by molar-refractivity contribution is 7.26. The van der Waals surface area contributed by atoms with E-state index in [1.165, 1.54) is 6.92 Å². The van der Waals surface area contributed by atoms with Crippen molar-refractivity contribution in [2.24, 2.45) is 0 Å². The molecule has 0 rings (SSSR count). The van der Waals surface area contributed by atoms with Crippen LogP contribution in [0.25, 0.3) is 0 Å². The zero-order valence-electron chi connectivity index (χ0n) is 5.86. The average Bonchev–Trinajstić information content (AvgIpc) is 1.98. The fourth-order valence-electron chi connectivity index (χ4n) is 0.230. The zero-order chi connectivity index (χ0) is 7.98. The molecule has 4 nitrogen and oxygen atoms in total. The molecule has 0 saturated heterocycles. The van der Waals surface area contributed by atoms with Gasteiger partial charge in [0.2, 0.25) is 0 Å². The maximum atomic E-state index is 10.6. The molecular weight excluding hydrogens is 155 g/mol. The Balaban J connectivity index is 3.51. The molecule has 1 unspecified atom stereocenters. The van der Waals surface area contributed by atoms with Gasteiger partial charge in [-0.1, -0.05) is 0 Å². The van der Waals surface area contributed by atoms with Crippen LogP contribution < -0.4 is 0 Å². The second kappa shape index (κ2) is 5.33. The summed E-state index contributed by atoms with van der Waals surface area (Å²) < 4.78 is 10.1. The lowest BCUT2D eigenvalue weighted by Crippen LogP contribution is -2.14. The van der Waals surface area contributed by atoms with Crippen LogP contribution in [0.2, 0.25) is 0 Å². The lowest BCUT2D eigenvalue weighted by atomic mass is 10.5. The highest BCUT2D eigenvalue weighted by Crippen LogP contribution is 2.06. The molecular formula is C5H9O4P. The van der Waals surface area contributed by atoms with Crippen molar-refractivity contribution in [1.29, 1.82) is 0 Å². The minimum atomic E-state index is -0.647. The molecule has 5 heteroatoms. The largest absolute Gasteiger partial charge is 0.356 e. The van der Waals surface area contributed by atoms with Gasteiger partial charge in [0.25, 0.3) is 0 Å². The summed E-state index contributed by atoms with van der Waals surface area (Å²) in [5.74, 6) is -0.612. The monoisotopic (exact) mass is 164 g/mol. The third-order valence-electron chi connectivity index (χ3n) is 0.758. The van der Waals surface area contributed by atoms with Gasteiger partial charge in [0.15, 0.2) is 8.46 Å². The summed E-state index contributed by atoms with van der Waals surface area (Å²) in [5, 5.41) is 0. The maximum Gasteiger partial charge on any atom is 0.356 e. The molecule has 0 aliphatic rings. The summed E-state index contributed by atoms with van der Waals surface area (Å²) in [7, 11) is -0.251. The van der Waals surface area contributed by atoms with Gasteiger partial charge >= 0.3 is 5.97 Å². The number of hydrogen-bond donors (Lipinski definition) is 0. The summed E-state index contributed by atoms with van der Waals surface area (Å²) in [6, 6.07) is 0. The van der Waals surface area contributed by atoms with Crippen molar-refractivity contribution in [2.45, 2.75) is 19.5 Å². The Labute approximate surface area is 60.6 Å². The molecule has 0 saturated carbocycles. The van der Waals surface area contributed by atoms with E-state index in [1.807, 2.05) is 0 Å². The fraction of sp³-hybridized carbons (Fsp3) is 0.800. The Bertz CT molecular complexity index is 125. The van der Waals surface area contributed by atoms with Crippen LogP contribution in [0.1, 0.15) is 13.8 Å². The van der Waals surface area contributed by atoms with E-state index >= 15 is 0 Å². The van der Waals surface area contributed by atoms with Gasteiger partial charge in [0.1, 0.15) is 5.66 Å². The molecule has 0 amide bonds. The van der Waals surface area contributed by atoms with Crippen molar-refractivity contribution in [3.8, 4) is 0 Å². The minimum absolute atomic E-state index is 0.251. The second-order valence-electron chi connectivity index (χ2n) is 1.59. The van der Waals surface area contributed by atoms with E-state index in [4.69, 9.17) is 0 Å². The molecule has 58 valence electrons. The van der Waals surface area contributed by atoms with Gasteiger partial charge in [0.05, 0.1) is 6.61 Å². The van der Waals surface area contributed by atoms with Crippen molar-refractivity contribution >= 4 is 14.4 Å². The quantitative estimate of drug-likeness (QED) is 0.355. The third kappa shape index (κ3) is 3.54. The normalized spacial score (nSPS) is 13.0. The Morgan fingerprint density at radius 2 is 2.30 bits per heavy atom. The molecule has 0 spiro atoms. The third-order valence-corrected chi connectivity index (χ3v) is 1.29. The van der Waals surface area contributed by atoms with Crippen molar-refractivity contribution in [1.82, 2.24) is 0 Å². The Morgan fingerprint density at radius 3 is 2.70 bits per heavy atom. The molecule has 10 heavy (non-hydrogen) atoms. The van der Waals surface area contributed by atoms with Gasteiger partial charge in [-0.3, -0.25) is 9.45 Å². The Morgan fingerprint density at radius 1 is 1.70 bits per heavy atom. The van der Waals surface area contributed by atoms with Crippen molar-refractivity contribution < 1.29 is 19.1 Å². The van der Waals surface area contributed by atoms with Gasteiger partial charge < -0.3 is 0 Å². The lowest BCUT2D eigenvalue weighted by Gasteiger charge is -2.00. The standard InChI is InChI=1S/C5H9O4P/c1-3-8-9-5(6)4(2)10-7/h4H,3H2,1-2H3. The fourth-order valence-corrected chi connectivity index (χ4v) is 0.359. The van der Waals surface area contributed by atoms with Crippen molar-refractivity contribution in [3.63, 3.8) is 0 Å². The van der Waals surface area contributed by atoms with Crippen LogP contribution in [-0.2, 0) is 19.1 Å². The molecule has 0 aromatic rings. The van der Waals surface area contributed by atoms with Gasteiger partial charge in [0, 0.05) is 0 Å². The van der Waals surface area contributed by atoms with Crippen LogP contribution in [0, 0.1) is 0 Å². The first-order valence-corrected chi connectivity index (χ1v) is 3.76. The molecule has 0 N–H and O–H groups in total. The zero-order valence-corrected chi connectivity index (χ0v) is 6.76. The van der Waals surface area contributed by atoms with E-state index in [9.17, 15) is 9.36 Å². The molecule has 0 aliphatic heterocycles. The first kappa shape index (κ1) is 9.53. The van der Waals surface area contributed by atoms with Gasteiger partial charge in [-0.2, -0.15) is 4.89 Å². The van der Waals surface area contributed by atoms with E-state index in [2.05, 4.69) is 9.78 Å². The number of rotatable bonds is 4. The Hall–Kier alpha value is -0.470. The van der Waals surface area contributed by atoms with Crippen LogP contribution >= 0.6 is 8.46 Å². The van der Waals surface area contributed by atoms with Gasteiger partial charge in [-0.25, -0.2) is 4.79 Å². The van der Waals surface area contributed by atoms with Crippen molar-refractivity contribution in [2.75, 3.05) is 6.61 Å². The number of carbonyl (C=O) groups is 1. The number of carbonyl (C=O) groups excluding carboxylic acids is 1. The van der Waals surface area contributed by atoms with Crippen LogP contribution in [-0.4, -0.2) is 18.2 Å². The van der Waals surface area contributed by atoms with Crippen LogP contribution in [0.3, 0.4) is 0 Å². The van der Waals surface area contributed by atoms with Gasteiger partial charge in [-0.05, 0) is 13.8 Å². The van der Waals surface area contributed by atoms with Crippen LogP contribution in [0.5, 0.6) is 0 Å². The summed E-state index contributed by atoms with van der Waals surface area (Å²) in [6.45, 7) is 3.47. The molecule has 0 fully saturated rings. The second-order valence-corrected chi connectivity index (χ2v) is 2.58. The van der Waals surface area contributed by atoms with E-state index in [0.29, 0.717) is 6.61 Å². The van der Waals surface area contributed by atoms with Crippen molar-refractivity contribution in [3.05, 3.63) is 0 Å².